The van der Waals surface area contributed by atoms with Crippen molar-refractivity contribution in [2.45, 2.75) is 0 Å². The van der Waals surface area contributed by atoms with Gasteiger partial charge in [0.05, 0.1) is 11.0 Å². The normalized spacial score (nSPS) is 11.9. The molecule has 0 fully saturated rings. The van der Waals surface area contributed by atoms with Crippen molar-refractivity contribution in [2.24, 2.45) is 0 Å². The van der Waals surface area contributed by atoms with Gasteiger partial charge in [-0.1, -0.05) is 188 Å². The number of nitrogens with zero attached hydrogens (tertiary/aromatic N) is 4. The van der Waals surface area contributed by atoms with Crippen LogP contribution >= 0.6 is 0 Å². The Balaban J connectivity index is 1.29. The molecule has 0 amide bonds. The highest BCUT2D eigenvalue weighted by Gasteiger charge is 2.45. The molecule has 11 aromatic rings. The average molecular weight is 747 g/mol. The fraction of sp³-hybridized carbons (Fsp3) is 0. The second-order valence-electron chi connectivity index (χ2n) is 14.3. The summed E-state index contributed by atoms with van der Waals surface area (Å²) in [6, 6.07) is 73.0. The molecule has 6 heteroatoms. The number of furan rings is 1. The molecule has 0 radical (unpaired) electrons. The molecule has 57 heavy (non-hydrogen) atoms. The molecule has 268 valence electrons. The van der Waals surface area contributed by atoms with E-state index in [0.717, 1.165) is 49.5 Å². The van der Waals surface area contributed by atoms with Crippen LogP contribution in [0, 0.1) is 0 Å². The number of aromatic nitrogens is 4. The molecule has 0 spiro atoms. The first kappa shape index (κ1) is 33.0. The monoisotopic (exact) mass is 746 g/mol. The van der Waals surface area contributed by atoms with E-state index in [1.54, 1.807) is 0 Å². The Kier molecular flexibility index (Phi) is 7.76. The van der Waals surface area contributed by atoms with Crippen molar-refractivity contribution < 1.29 is 4.42 Å². The highest BCUT2D eigenvalue weighted by molar-refractivity contribution is 7.21. The summed E-state index contributed by atoms with van der Waals surface area (Å²) in [5.74, 6) is 1.81. The molecule has 0 unspecified atom stereocenters. The van der Waals surface area contributed by atoms with E-state index in [4.69, 9.17) is 19.4 Å². The highest BCUT2D eigenvalue weighted by atomic mass is 28.3. The zero-order valence-corrected chi connectivity index (χ0v) is 31.8. The molecular formula is C51H34N4OSi. The van der Waals surface area contributed by atoms with Gasteiger partial charge in [-0.05, 0) is 38.9 Å². The summed E-state index contributed by atoms with van der Waals surface area (Å²) in [5.41, 5.74) is 5.72. The molecule has 8 aromatic carbocycles. The molecule has 0 aliphatic carbocycles. The Morgan fingerprint density at radius 3 is 1.53 bits per heavy atom. The summed E-state index contributed by atoms with van der Waals surface area (Å²) >= 11 is 0. The second-order valence-corrected chi connectivity index (χ2v) is 18.1. The Labute approximate surface area is 330 Å². The first-order valence-corrected chi connectivity index (χ1v) is 21.2. The van der Waals surface area contributed by atoms with Gasteiger partial charge in [0.2, 0.25) is 5.95 Å². The highest BCUT2D eigenvalue weighted by Crippen LogP contribution is 2.34. The molecule has 0 N–H and O–H groups in total. The summed E-state index contributed by atoms with van der Waals surface area (Å²) in [7, 11) is -3.18. The predicted molar refractivity (Wildman–Crippen MR) is 236 cm³/mol. The first-order valence-electron chi connectivity index (χ1n) is 19.2. The van der Waals surface area contributed by atoms with E-state index in [1.807, 2.05) is 42.5 Å². The lowest BCUT2D eigenvalue weighted by Gasteiger charge is -2.35. The number of fused-ring (bicyclic) bond motifs is 6. The number of para-hydroxylation sites is 3. The van der Waals surface area contributed by atoms with Gasteiger partial charge in [-0.3, -0.25) is 4.57 Å². The standard InChI is InChI=1S/C51H34N4OSi/c1-5-19-35(20-6-1)49-52-50(36-21-7-2-8-22-36)54-51(53-49)55-42-30-15-13-28-41(42)47-43(55)31-18-33-45(47)57(37-23-9-3-10-24-37,38-25-11-4-12-26-38)46-34-17-29-40-39-27-14-16-32-44(39)56-48(40)46/h1-34H. The quantitative estimate of drug-likeness (QED) is 0.121. The van der Waals surface area contributed by atoms with E-state index in [2.05, 4.69) is 168 Å². The van der Waals surface area contributed by atoms with E-state index in [0.29, 0.717) is 17.6 Å². The van der Waals surface area contributed by atoms with Crippen molar-refractivity contribution in [2.75, 3.05) is 0 Å². The zero-order chi connectivity index (χ0) is 37.8. The Morgan fingerprint density at radius 2 is 0.877 bits per heavy atom. The van der Waals surface area contributed by atoms with Crippen molar-refractivity contribution in [3.63, 3.8) is 0 Å². The minimum Gasteiger partial charge on any atom is -0.456 e. The van der Waals surface area contributed by atoms with Gasteiger partial charge in [0.25, 0.3) is 0 Å². The topological polar surface area (TPSA) is 56.7 Å². The van der Waals surface area contributed by atoms with E-state index in [9.17, 15) is 0 Å². The van der Waals surface area contributed by atoms with Crippen molar-refractivity contribution in [1.29, 1.82) is 0 Å². The van der Waals surface area contributed by atoms with Crippen LogP contribution in [0.5, 0.6) is 0 Å². The SMILES string of the molecule is c1ccc(-c2nc(-c3ccccc3)nc(-n3c4ccccc4c4c([Si](c5ccccc5)(c5ccccc5)c5cccc6c5oc5ccccc56)cccc43)n2)cc1. The van der Waals surface area contributed by atoms with Crippen LogP contribution in [-0.4, -0.2) is 27.6 Å². The maximum atomic E-state index is 6.94. The van der Waals surface area contributed by atoms with Gasteiger partial charge in [-0.2, -0.15) is 9.97 Å². The Morgan fingerprint density at radius 1 is 0.386 bits per heavy atom. The van der Waals surface area contributed by atoms with Crippen LogP contribution in [0.4, 0.5) is 0 Å². The third-order valence-electron chi connectivity index (χ3n) is 11.2. The number of hydrogen-bond acceptors (Lipinski definition) is 4. The first-order chi connectivity index (χ1) is 28.3. The lowest BCUT2D eigenvalue weighted by atomic mass is 10.1. The molecule has 0 atom stereocenters. The molecule has 0 saturated carbocycles. The minimum absolute atomic E-state index is 0.567. The third kappa shape index (κ3) is 5.19. The lowest BCUT2D eigenvalue weighted by Crippen LogP contribution is -2.75. The molecule has 11 rings (SSSR count). The summed E-state index contributed by atoms with van der Waals surface area (Å²) in [4.78, 5) is 15.5. The summed E-state index contributed by atoms with van der Waals surface area (Å²) in [6.45, 7) is 0. The number of rotatable bonds is 7. The van der Waals surface area contributed by atoms with Gasteiger partial charge in [0.1, 0.15) is 11.2 Å². The minimum atomic E-state index is -3.18. The van der Waals surface area contributed by atoms with E-state index < -0.39 is 8.07 Å². The van der Waals surface area contributed by atoms with E-state index >= 15 is 0 Å². The maximum absolute atomic E-state index is 6.94. The maximum Gasteiger partial charge on any atom is 0.238 e. The lowest BCUT2D eigenvalue weighted by molar-refractivity contribution is 0.671. The van der Waals surface area contributed by atoms with Crippen LogP contribution in [0.1, 0.15) is 0 Å². The van der Waals surface area contributed by atoms with Crippen LogP contribution in [0.15, 0.2) is 211 Å². The van der Waals surface area contributed by atoms with E-state index in [-0.39, 0.29) is 0 Å². The number of hydrogen-bond donors (Lipinski definition) is 0. The van der Waals surface area contributed by atoms with Crippen LogP contribution in [0.2, 0.25) is 0 Å². The average Bonchev–Trinajstić information content (AvgIpc) is 3.85. The van der Waals surface area contributed by atoms with Gasteiger partial charge in [-0.15, -0.1) is 0 Å². The smallest absolute Gasteiger partial charge is 0.238 e. The van der Waals surface area contributed by atoms with Crippen molar-refractivity contribution >= 4 is 72.6 Å². The molecular weight excluding hydrogens is 713 g/mol. The summed E-state index contributed by atoms with van der Waals surface area (Å²) in [5, 5.41) is 9.55. The Hall–Kier alpha value is -7.41. The Bertz CT molecular complexity index is 3140. The van der Waals surface area contributed by atoms with Crippen LogP contribution in [-0.2, 0) is 0 Å². The van der Waals surface area contributed by atoms with Crippen LogP contribution in [0.25, 0.3) is 72.5 Å². The van der Waals surface area contributed by atoms with Crippen LogP contribution < -0.4 is 20.7 Å². The van der Waals surface area contributed by atoms with Crippen molar-refractivity contribution in [1.82, 2.24) is 19.5 Å². The molecule has 0 saturated heterocycles. The fourth-order valence-corrected chi connectivity index (χ4v) is 13.9. The van der Waals surface area contributed by atoms with Gasteiger partial charge in [-0.25, -0.2) is 4.98 Å². The fourth-order valence-electron chi connectivity index (χ4n) is 8.80. The third-order valence-corrected chi connectivity index (χ3v) is 16.0. The summed E-state index contributed by atoms with van der Waals surface area (Å²) < 4.78 is 9.17. The second kappa shape index (κ2) is 13.4. The van der Waals surface area contributed by atoms with Crippen LogP contribution in [0.3, 0.4) is 0 Å². The summed E-state index contributed by atoms with van der Waals surface area (Å²) in [6.07, 6.45) is 0. The van der Waals surface area contributed by atoms with Crippen molar-refractivity contribution in [3.05, 3.63) is 206 Å². The van der Waals surface area contributed by atoms with Crippen molar-refractivity contribution in [3.8, 4) is 28.7 Å². The predicted octanol–water partition coefficient (Wildman–Crippen LogP) is 9.58. The largest absolute Gasteiger partial charge is 0.456 e. The molecule has 0 aliphatic rings. The van der Waals surface area contributed by atoms with E-state index in [1.165, 1.54) is 26.1 Å². The molecule has 0 bridgehead atoms. The van der Waals surface area contributed by atoms with Gasteiger partial charge in [0.15, 0.2) is 19.7 Å². The van der Waals surface area contributed by atoms with Gasteiger partial charge in [0, 0.05) is 32.7 Å². The van der Waals surface area contributed by atoms with Gasteiger partial charge < -0.3 is 4.42 Å². The molecule has 3 heterocycles. The molecule has 5 nitrogen and oxygen atoms in total. The zero-order valence-electron chi connectivity index (χ0n) is 30.8. The van der Waals surface area contributed by atoms with Gasteiger partial charge >= 0.3 is 0 Å². The number of benzene rings is 8. The molecule has 3 aromatic heterocycles. The molecule has 0 aliphatic heterocycles.